The van der Waals surface area contributed by atoms with Crippen LogP contribution in [0.5, 0.6) is 5.75 Å². The van der Waals surface area contributed by atoms with Crippen LogP contribution in [-0.4, -0.2) is 32.4 Å². The Morgan fingerprint density at radius 2 is 1.75 bits per heavy atom. The first kappa shape index (κ1) is 17.0. The zero-order valence-corrected chi connectivity index (χ0v) is 13.6. The van der Waals surface area contributed by atoms with Crippen LogP contribution in [0.25, 0.3) is 0 Å². The van der Waals surface area contributed by atoms with E-state index in [0.717, 1.165) is 18.9 Å². The van der Waals surface area contributed by atoms with Gasteiger partial charge in [0.25, 0.3) is 0 Å². The molecule has 0 fully saturated rings. The number of nitrogens with two attached hydrogens (primary N) is 1. The quantitative estimate of drug-likeness (QED) is 0.742. The third kappa shape index (κ3) is 6.40. The summed E-state index contributed by atoms with van der Waals surface area (Å²) in [5, 5.41) is 2.27. The van der Waals surface area contributed by atoms with Gasteiger partial charge in [-0.1, -0.05) is 39.0 Å². The molecule has 114 valence electrons. The minimum atomic E-state index is 0.101. The van der Waals surface area contributed by atoms with Gasteiger partial charge in [0, 0.05) is 0 Å². The number of quaternary nitrogens is 1. The molecule has 0 aliphatic carbocycles. The lowest BCUT2D eigenvalue weighted by Crippen LogP contribution is -2.89. The van der Waals surface area contributed by atoms with Crippen LogP contribution in [0.1, 0.15) is 40.2 Å². The standard InChI is InChI=1S/C17H29NO2/c1-14(2)18-10-11-19-12-13-20-16-9-7-6-8-15(16)17(3,4)5/h6-9,14,18H,10-13H2,1-5H3/p+1. The Bertz CT molecular complexity index is 383. The number of ether oxygens (including phenoxy) is 2. The Hall–Kier alpha value is -1.06. The Kier molecular flexibility index (Phi) is 7.03. The van der Waals surface area contributed by atoms with Crippen molar-refractivity contribution in [1.82, 2.24) is 0 Å². The molecular formula is C17H30NO2+. The highest BCUT2D eigenvalue weighted by atomic mass is 16.5. The van der Waals surface area contributed by atoms with Crippen molar-refractivity contribution < 1.29 is 14.8 Å². The van der Waals surface area contributed by atoms with Crippen molar-refractivity contribution in [1.29, 1.82) is 0 Å². The fourth-order valence-electron chi connectivity index (χ4n) is 2.01. The molecule has 0 spiro atoms. The fraction of sp³-hybridized carbons (Fsp3) is 0.647. The van der Waals surface area contributed by atoms with Crippen LogP contribution in [0, 0.1) is 0 Å². The van der Waals surface area contributed by atoms with Crippen molar-refractivity contribution in [3.05, 3.63) is 29.8 Å². The Morgan fingerprint density at radius 3 is 2.40 bits per heavy atom. The summed E-state index contributed by atoms with van der Waals surface area (Å²) in [6, 6.07) is 8.88. The molecule has 1 rings (SSSR count). The first-order chi connectivity index (χ1) is 9.41. The molecule has 0 aromatic heterocycles. The molecule has 1 aromatic carbocycles. The average molecular weight is 280 g/mol. The van der Waals surface area contributed by atoms with Crippen LogP contribution in [0.2, 0.25) is 0 Å². The molecule has 0 heterocycles. The minimum Gasteiger partial charge on any atom is -0.491 e. The molecule has 1 aromatic rings. The van der Waals surface area contributed by atoms with Crippen LogP contribution < -0.4 is 10.1 Å². The second-order valence-electron chi connectivity index (χ2n) is 6.48. The van der Waals surface area contributed by atoms with E-state index in [1.165, 1.54) is 5.56 Å². The molecule has 0 amide bonds. The van der Waals surface area contributed by atoms with E-state index in [1.807, 2.05) is 12.1 Å². The van der Waals surface area contributed by atoms with Crippen LogP contribution >= 0.6 is 0 Å². The number of rotatable bonds is 8. The first-order valence-corrected chi connectivity index (χ1v) is 7.54. The second-order valence-corrected chi connectivity index (χ2v) is 6.48. The molecule has 3 heteroatoms. The van der Waals surface area contributed by atoms with Crippen molar-refractivity contribution in [3.8, 4) is 5.75 Å². The molecule has 0 saturated heterocycles. The van der Waals surface area contributed by atoms with Gasteiger partial charge >= 0.3 is 0 Å². The van der Waals surface area contributed by atoms with E-state index in [0.29, 0.717) is 19.3 Å². The highest BCUT2D eigenvalue weighted by Gasteiger charge is 2.18. The Balaban J connectivity index is 2.29. The lowest BCUT2D eigenvalue weighted by Gasteiger charge is -2.22. The van der Waals surface area contributed by atoms with Gasteiger partial charge < -0.3 is 14.8 Å². The number of hydrogen-bond acceptors (Lipinski definition) is 2. The number of benzene rings is 1. The molecule has 0 unspecified atom stereocenters. The monoisotopic (exact) mass is 280 g/mol. The topological polar surface area (TPSA) is 35.1 Å². The summed E-state index contributed by atoms with van der Waals surface area (Å²) in [7, 11) is 0. The third-order valence-corrected chi connectivity index (χ3v) is 3.08. The van der Waals surface area contributed by atoms with E-state index < -0.39 is 0 Å². The van der Waals surface area contributed by atoms with Gasteiger partial charge in [0.05, 0.1) is 25.8 Å². The van der Waals surface area contributed by atoms with Gasteiger partial charge in [0.1, 0.15) is 12.4 Å². The van der Waals surface area contributed by atoms with Crippen LogP contribution in [0.15, 0.2) is 24.3 Å². The number of para-hydroxylation sites is 1. The second kappa shape index (κ2) is 8.28. The van der Waals surface area contributed by atoms with Crippen molar-refractivity contribution >= 4 is 0 Å². The normalized spacial score (nSPS) is 11.9. The maximum Gasteiger partial charge on any atom is 0.123 e. The zero-order chi connectivity index (χ0) is 15.0. The maximum absolute atomic E-state index is 5.86. The molecule has 2 N–H and O–H groups in total. The Morgan fingerprint density at radius 1 is 1.05 bits per heavy atom. The molecule has 0 saturated carbocycles. The zero-order valence-electron chi connectivity index (χ0n) is 13.6. The van der Waals surface area contributed by atoms with Gasteiger partial charge in [0.15, 0.2) is 0 Å². The first-order valence-electron chi connectivity index (χ1n) is 7.54. The largest absolute Gasteiger partial charge is 0.491 e. The summed E-state index contributed by atoms with van der Waals surface area (Å²) in [5.74, 6) is 0.970. The third-order valence-electron chi connectivity index (χ3n) is 3.08. The molecular weight excluding hydrogens is 250 g/mol. The predicted octanol–water partition coefficient (Wildman–Crippen LogP) is 2.35. The summed E-state index contributed by atoms with van der Waals surface area (Å²) in [4.78, 5) is 0. The highest BCUT2D eigenvalue weighted by molar-refractivity contribution is 5.38. The van der Waals surface area contributed by atoms with E-state index in [2.05, 4.69) is 52.1 Å². The van der Waals surface area contributed by atoms with Crippen molar-refractivity contribution in [3.63, 3.8) is 0 Å². The van der Waals surface area contributed by atoms with Gasteiger partial charge in [-0.05, 0) is 30.9 Å². The minimum absolute atomic E-state index is 0.101. The number of hydrogen-bond donors (Lipinski definition) is 1. The molecule has 0 aliphatic heterocycles. The Labute approximate surface area is 123 Å². The van der Waals surface area contributed by atoms with E-state index in [9.17, 15) is 0 Å². The van der Waals surface area contributed by atoms with Crippen LogP contribution in [0.3, 0.4) is 0 Å². The summed E-state index contributed by atoms with van der Waals surface area (Å²) < 4.78 is 11.4. The van der Waals surface area contributed by atoms with E-state index in [-0.39, 0.29) is 5.41 Å². The lowest BCUT2D eigenvalue weighted by molar-refractivity contribution is -0.684. The average Bonchev–Trinajstić information content (AvgIpc) is 2.36. The van der Waals surface area contributed by atoms with E-state index in [1.54, 1.807) is 0 Å². The van der Waals surface area contributed by atoms with Gasteiger partial charge in [-0.2, -0.15) is 0 Å². The summed E-state index contributed by atoms with van der Waals surface area (Å²) in [6.45, 7) is 14.0. The molecule has 3 nitrogen and oxygen atoms in total. The van der Waals surface area contributed by atoms with Crippen molar-refractivity contribution in [2.24, 2.45) is 0 Å². The van der Waals surface area contributed by atoms with Crippen LogP contribution in [-0.2, 0) is 10.2 Å². The molecule has 0 radical (unpaired) electrons. The van der Waals surface area contributed by atoms with Crippen molar-refractivity contribution in [2.75, 3.05) is 26.4 Å². The van der Waals surface area contributed by atoms with E-state index in [4.69, 9.17) is 9.47 Å². The lowest BCUT2D eigenvalue weighted by atomic mass is 9.86. The molecule has 20 heavy (non-hydrogen) atoms. The van der Waals surface area contributed by atoms with Gasteiger partial charge in [-0.3, -0.25) is 0 Å². The predicted molar refractivity (Wildman–Crippen MR) is 83.4 cm³/mol. The fourth-order valence-corrected chi connectivity index (χ4v) is 2.01. The molecule has 0 bridgehead atoms. The molecule has 0 aliphatic rings. The maximum atomic E-state index is 5.86. The summed E-state index contributed by atoms with van der Waals surface area (Å²) >= 11 is 0. The van der Waals surface area contributed by atoms with Gasteiger partial charge in [-0.15, -0.1) is 0 Å². The van der Waals surface area contributed by atoms with Gasteiger partial charge in [0.2, 0.25) is 0 Å². The SMILES string of the molecule is CC(C)[NH2+]CCOCCOc1ccccc1C(C)(C)C. The van der Waals surface area contributed by atoms with Crippen LogP contribution in [0.4, 0.5) is 0 Å². The smallest absolute Gasteiger partial charge is 0.123 e. The summed E-state index contributed by atoms with van der Waals surface area (Å²) in [5.41, 5.74) is 1.34. The van der Waals surface area contributed by atoms with Gasteiger partial charge in [-0.25, -0.2) is 0 Å². The highest BCUT2D eigenvalue weighted by Crippen LogP contribution is 2.30. The van der Waals surface area contributed by atoms with Crippen molar-refractivity contribution in [2.45, 2.75) is 46.1 Å². The van der Waals surface area contributed by atoms with E-state index >= 15 is 0 Å². The molecule has 0 atom stereocenters. The summed E-state index contributed by atoms with van der Waals surface area (Å²) in [6.07, 6.45) is 0.